The van der Waals surface area contributed by atoms with E-state index in [-0.39, 0.29) is 0 Å². The third-order valence-electron chi connectivity index (χ3n) is 3.32. The number of hydrogen-bond donors (Lipinski definition) is 1. The second-order valence-corrected chi connectivity index (χ2v) is 6.64. The van der Waals surface area contributed by atoms with E-state index in [0.717, 1.165) is 13.1 Å². The van der Waals surface area contributed by atoms with Crippen LogP contribution in [-0.4, -0.2) is 25.2 Å². The summed E-state index contributed by atoms with van der Waals surface area (Å²) in [6.45, 7) is 6.69. The minimum absolute atomic E-state index is 0.566. The Bertz CT molecular complexity index is 397. The van der Waals surface area contributed by atoms with Crippen LogP contribution < -0.4 is 10.2 Å². The average Bonchev–Trinajstić information content (AvgIpc) is 2.32. The monoisotopic (exact) mass is 408 g/mol. The normalized spacial score (nSPS) is 25.1. The molecule has 2 unspecified atom stereocenters. The molecule has 1 heterocycles. The first-order valence-corrected chi connectivity index (χ1v) is 7.94. The van der Waals surface area contributed by atoms with E-state index in [1.54, 1.807) is 0 Å². The molecule has 2 atom stereocenters. The van der Waals surface area contributed by atoms with Crippen molar-refractivity contribution < 1.29 is 0 Å². The van der Waals surface area contributed by atoms with Gasteiger partial charge < -0.3 is 10.2 Å². The Morgan fingerprint density at radius 3 is 2.94 bits per heavy atom. The molecule has 2 rings (SSSR count). The summed E-state index contributed by atoms with van der Waals surface area (Å²) in [5.74, 6) is 0. The first-order valence-electron chi connectivity index (χ1n) is 6.07. The number of nitrogens with one attached hydrogen (secondary N) is 1. The predicted octanol–water partition coefficient (Wildman–Crippen LogP) is 3.63. The maximum atomic E-state index is 3.62. The number of hydrogen-bond acceptors (Lipinski definition) is 2. The largest absolute Gasteiger partial charge is 0.366 e. The molecule has 0 aliphatic carbocycles. The predicted molar refractivity (Wildman–Crippen MR) is 85.7 cm³/mol. The zero-order valence-corrected chi connectivity index (χ0v) is 14.0. The van der Waals surface area contributed by atoms with Crippen molar-refractivity contribution in [3.63, 3.8) is 0 Å². The lowest BCUT2D eigenvalue weighted by molar-refractivity contribution is 0.402. The van der Waals surface area contributed by atoms with E-state index in [1.807, 2.05) is 0 Å². The third-order valence-corrected chi connectivity index (χ3v) is 5.66. The molecule has 17 heavy (non-hydrogen) atoms. The van der Waals surface area contributed by atoms with Crippen LogP contribution in [0.2, 0.25) is 0 Å². The van der Waals surface area contributed by atoms with E-state index in [1.165, 1.54) is 20.2 Å². The molecule has 1 N–H and O–H groups in total. The summed E-state index contributed by atoms with van der Waals surface area (Å²) in [5.41, 5.74) is 1.33. The van der Waals surface area contributed by atoms with Gasteiger partial charge in [0.15, 0.2) is 0 Å². The molecule has 0 radical (unpaired) electrons. The molecule has 94 valence electrons. The summed E-state index contributed by atoms with van der Waals surface area (Å²) in [7, 11) is 0. The van der Waals surface area contributed by atoms with Gasteiger partial charge in [0.2, 0.25) is 0 Å². The topological polar surface area (TPSA) is 15.3 Å². The molecular weight excluding hydrogens is 391 g/mol. The van der Waals surface area contributed by atoms with Crippen LogP contribution in [0.15, 0.2) is 22.7 Å². The van der Waals surface area contributed by atoms with Gasteiger partial charge in [-0.2, -0.15) is 0 Å². The minimum Gasteiger partial charge on any atom is -0.366 e. The molecule has 1 saturated heterocycles. The second-order valence-electron chi connectivity index (χ2n) is 4.62. The summed E-state index contributed by atoms with van der Waals surface area (Å²) >= 11 is 5.97. The molecule has 0 aromatic heterocycles. The third kappa shape index (κ3) is 3.15. The van der Waals surface area contributed by atoms with Gasteiger partial charge in [-0.3, -0.25) is 0 Å². The van der Waals surface area contributed by atoms with E-state index in [4.69, 9.17) is 0 Å². The van der Waals surface area contributed by atoms with Crippen LogP contribution in [0.5, 0.6) is 0 Å². The minimum atomic E-state index is 0.566. The Morgan fingerprint density at radius 1 is 1.53 bits per heavy atom. The average molecular weight is 409 g/mol. The summed E-state index contributed by atoms with van der Waals surface area (Å²) in [5, 5.41) is 3.55. The highest BCUT2D eigenvalue weighted by Crippen LogP contribution is 2.28. The van der Waals surface area contributed by atoms with Crippen molar-refractivity contribution in [2.24, 2.45) is 0 Å². The van der Waals surface area contributed by atoms with E-state index >= 15 is 0 Å². The Morgan fingerprint density at radius 2 is 2.29 bits per heavy atom. The second kappa shape index (κ2) is 5.89. The van der Waals surface area contributed by atoms with Crippen molar-refractivity contribution in [3.05, 3.63) is 26.2 Å². The molecule has 1 aliphatic heterocycles. The van der Waals surface area contributed by atoms with Crippen molar-refractivity contribution in [1.29, 1.82) is 0 Å². The van der Waals surface area contributed by atoms with Crippen LogP contribution in [0.1, 0.15) is 20.3 Å². The van der Waals surface area contributed by atoms with Gasteiger partial charge >= 0.3 is 0 Å². The molecule has 1 fully saturated rings. The van der Waals surface area contributed by atoms with E-state index in [0.29, 0.717) is 12.1 Å². The van der Waals surface area contributed by atoms with Crippen LogP contribution >= 0.6 is 38.5 Å². The molecule has 0 amide bonds. The lowest BCUT2D eigenvalue weighted by Crippen LogP contribution is -2.55. The molecule has 0 saturated carbocycles. The summed E-state index contributed by atoms with van der Waals surface area (Å²) in [6, 6.07) is 7.82. The maximum absolute atomic E-state index is 3.62. The zero-order valence-electron chi connectivity index (χ0n) is 10.2. The van der Waals surface area contributed by atoms with Gasteiger partial charge in [0.05, 0.1) is 0 Å². The van der Waals surface area contributed by atoms with Gasteiger partial charge in [0.25, 0.3) is 0 Å². The summed E-state index contributed by atoms with van der Waals surface area (Å²) in [4.78, 5) is 2.53. The van der Waals surface area contributed by atoms with Crippen LogP contribution in [0.3, 0.4) is 0 Å². The van der Waals surface area contributed by atoms with Gasteiger partial charge in [-0.05, 0) is 70.1 Å². The smallest absolute Gasteiger partial charge is 0.0412 e. The fraction of sp³-hybridized carbons (Fsp3) is 0.538. The van der Waals surface area contributed by atoms with E-state index < -0.39 is 0 Å². The highest BCUT2D eigenvalue weighted by Gasteiger charge is 2.24. The number of benzene rings is 1. The lowest BCUT2D eigenvalue weighted by atomic mass is 10.1. The summed E-state index contributed by atoms with van der Waals surface area (Å²) < 4.78 is 2.46. The first-order chi connectivity index (χ1) is 8.11. The molecule has 0 spiro atoms. The fourth-order valence-electron chi connectivity index (χ4n) is 2.30. The number of anilines is 1. The van der Waals surface area contributed by atoms with Crippen molar-refractivity contribution in [2.75, 3.05) is 18.0 Å². The SMILES string of the molecule is CCC1CNC(C)CN1c1ccc(I)c(Br)c1. The zero-order chi connectivity index (χ0) is 12.4. The summed E-state index contributed by atoms with van der Waals surface area (Å²) in [6.07, 6.45) is 1.18. The van der Waals surface area contributed by atoms with Gasteiger partial charge in [0, 0.05) is 38.9 Å². The molecule has 4 heteroatoms. The standard InChI is InChI=1S/C13H18BrIN2/c1-3-10-7-16-9(2)8-17(10)11-4-5-13(15)12(14)6-11/h4-6,9-10,16H,3,7-8H2,1-2H3. The number of rotatable bonds is 2. The first kappa shape index (κ1) is 13.6. The van der Waals surface area contributed by atoms with Gasteiger partial charge in [-0.1, -0.05) is 6.92 Å². The Hall–Kier alpha value is 0.190. The molecular formula is C13H18BrIN2. The van der Waals surface area contributed by atoms with E-state index in [9.17, 15) is 0 Å². The fourth-order valence-corrected chi connectivity index (χ4v) is 3.00. The molecule has 1 aromatic carbocycles. The van der Waals surface area contributed by atoms with Crippen LogP contribution in [0.4, 0.5) is 5.69 Å². The van der Waals surface area contributed by atoms with Crippen molar-refractivity contribution >= 4 is 44.2 Å². The van der Waals surface area contributed by atoms with Gasteiger partial charge in [0.1, 0.15) is 0 Å². The molecule has 1 aliphatic rings. The molecule has 1 aromatic rings. The molecule has 0 bridgehead atoms. The quantitative estimate of drug-likeness (QED) is 0.751. The Balaban J connectivity index is 2.25. The van der Waals surface area contributed by atoms with Crippen LogP contribution in [-0.2, 0) is 0 Å². The van der Waals surface area contributed by atoms with Crippen molar-refractivity contribution in [1.82, 2.24) is 5.32 Å². The molecule has 2 nitrogen and oxygen atoms in total. The van der Waals surface area contributed by atoms with Crippen molar-refractivity contribution in [2.45, 2.75) is 32.4 Å². The Labute approximate surface area is 125 Å². The van der Waals surface area contributed by atoms with Crippen LogP contribution in [0.25, 0.3) is 0 Å². The van der Waals surface area contributed by atoms with Crippen LogP contribution in [0, 0.1) is 3.57 Å². The van der Waals surface area contributed by atoms with Gasteiger partial charge in [-0.15, -0.1) is 0 Å². The number of halogens is 2. The number of nitrogens with zero attached hydrogens (tertiary/aromatic N) is 1. The number of piperazine rings is 1. The van der Waals surface area contributed by atoms with Gasteiger partial charge in [-0.25, -0.2) is 0 Å². The van der Waals surface area contributed by atoms with Crippen molar-refractivity contribution in [3.8, 4) is 0 Å². The Kier molecular flexibility index (Phi) is 4.72. The maximum Gasteiger partial charge on any atom is 0.0412 e. The van der Waals surface area contributed by atoms with E-state index in [2.05, 4.69) is 80.8 Å². The highest BCUT2D eigenvalue weighted by atomic mass is 127. The highest BCUT2D eigenvalue weighted by molar-refractivity contribution is 14.1. The lowest BCUT2D eigenvalue weighted by Gasteiger charge is -2.40.